The van der Waals surface area contributed by atoms with E-state index < -0.39 is 0 Å². The van der Waals surface area contributed by atoms with Gasteiger partial charge in [0.25, 0.3) is 5.52 Å². The van der Waals surface area contributed by atoms with Crippen molar-refractivity contribution in [1.82, 2.24) is 19.5 Å². The van der Waals surface area contributed by atoms with Crippen LogP contribution in [0.4, 0.5) is 0 Å². The number of aryl methyl sites for hydroxylation is 1. The first-order chi connectivity index (χ1) is 12.9. The van der Waals surface area contributed by atoms with E-state index in [0.717, 1.165) is 12.8 Å². The van der Waals surface area contributed by atoms with Crippen molar-refractivity contribution in [3.63, 3.8) is 0 Å². The molecule has 0 spiro atoms. The summed E-state index contributed by atoms with van der Waals surface area (Å²) < 4.78 is 7.88. The smallest absolute Gasteiger partial charge is 0.260 e. The molecular weight excluding hydrogens is 368 g/mol. The maximum Gasteiger partial charge on any atom is 0.260 e. The topological polar surface area (TPSA) is 107 Å². The summed E-state index contributed by atoms with van der Waals surface area (Å²) in [6.07, 6.45) is 3.62. The molecule has 0 unspecified atom stereocenters. The van der Waals surface area contributed by atoms with Crippen LogP contribution in [-0.4, -0.2) is 19.5 Å². The highest BCUT2D eigenvalue weighted by molar-refractivity contribution is 6.32. The Morgan fingerprint density at radius 1 is 1.41 bits per heavy atom. The van der Waals surface area contributed by atoms with Gasteiger partial charge in [0.05, 0.1) is 5.02 Å². The van der Waals surface area contributed by atoms with Crippen LogP contribution < -0.4 is 4.73 Å². The Morgan fingerprint density at radius 3 is 2.89 bits per heavy atom. The lowest BCUT2D eigenvalue weighted by Crippen LogP contribution is -2.33. The fourth-order valence-electron chi connectivity index (χ4n) is 3.33. The number of imidazole rings is 1. The van der Waals surface area contributed by atoms with Gasteiger partial charge in [0.2, 0.25) is 17.4 Å². The summed E-state index contributed by atoms with van der Waals surface area (Å²) in [6, 6.07) is 5.30. The molecule has 134 valence electrons. The molecule has 0 radical (unpaired) electrons. The van der Waals surface area contributed by atoms with Crippen molar-refractivity contribution in [2.75, 3.05) is 0 Å². The van der Waals surface area contributed by atoms with Gasteiger partial charge in [-0.15, -0.1) is 0 Å². The van der Waals surface area contributed by atoms with Crippen LogP contribution >= 0.6 is 11.6 Å². The molecule has 4 aromatic rings. The average molecular weight is 381 g/mol. The van der Waals surface area contributed by atoms with Crippen molar-refractivity contribution in [1.29, 1.82) is 5.26 Å². The maximum atomic E-state index is 12.9. The maximum absolute atomic E-state index is 12.9. The number of hydrogen-bond acceptors (Lipinski definition) is 6. The summed E-state index contributed by atoms with van der Waals surface area (Å²) in [5.74, 6) is 0.934. The van der Waals surface area contributed by atoms with Crippen molar-refractivity contribution in [2.24, 2.45) is 0 Å². The highest BCUT2D eigenvalue weighted by Crippen LogP contribution is 2.47. The second-order valence-corrected chi connectivity index (χ2v) is 7.48. The second kappa shape index (κ2) is 5.18. The molecule has 8 nitrogen and oxygen atoms in total. The first-order valence-corrected chi connectivity index (χ1v) is 8.78. The molecule has 0 amide bonds. The monoisotopic (exact) mass is 380 g/mol. The third-order valence-corrected chi connectivity index (χ3v) is 5.56. The lowest BCUT2D eigenvalue weighted by molar-refractivity contribution is -0.583. The highest BCUT2D eigenvalue weighted by atomic mass is 35.5. The van der Waals surface area contributed by atoms with E-state index in [1.54, 1.807) is 29.8 Å². The number of halogens is 1. The van der Waals surface area contributed by atoms with E-state index >= 15 is 0 Å². The number of benzene rings is 1. The number of rotatable bonds is 2. The molecule has 1 fully saturated rings. The zero-order valence-electron chi connectivity index (χ0n) is 14.5. The summed E-state index contributed by atoms with van der Waals surface area (Å²) >= 11 is 6.10. The molecule has 3 heterocycles. The van der Waals surface area contributed by atoms with Gasteiger partial charge < -0.3 is 9.73 Å². The van der Waals surface area contributed by atoms with E-state index in [-0.39, 0.29) is 21.5 Å². The normalized spacial score (nSPS) is 15.3. The summed E-state index contributed by atoms with van der Waals surface area (Å²) in [5.41, 5.74) is 2.22. The second-order valence-electron chi connectivity index (χ2n) is 7.08. The standard InChI is InChI=1S/C18H13ClN6O2/c1-9-14-13(16-22-17(27-23-16)18(2)5-6-18)21-8-24(14)12-4-3-11(19)10(7-20)15(12)25(9)26/h3-4,8H,5-6H2,1-2H3. The molecular formula is C18H13ClN6O2. The number of hydrogen-bond donors (Lipinski definition) is 0. The molecule has 27 heavy (non-hydrogen) atoms. The SMILES string of the molecule is Cc1c2c(-c3noc(C4(C)CC4)n3)ncn2c2ccc(Cl)c(C#N)c2[n+]1[O-]. The van der Waals surface area contributed by atoms with Gasteiger partial charge in [-0.05, 0) is 25.0 Å². The summed E-state index contributed by atoms with van der Waals surface area (Å²) in [6.45, 7) is 3.74. The molecule has 1 aromatic carbocycles. The van der Waals surface area contributed by atoms with Gasteiger partial charge >= 0.3 is 0 Å². The van der Waals surface area contributed by atoms with Crippen LogP contribution in [0, 0.1) is 23.5 Å². The molecule has 0 bridgehead atoms. The van der Waals surface area contributed by atoms with Gasteiger partial charge in [0, 0.05) is 12.3 Å². The molecule has 0 atom stereocenters. The van der Waals surface area contributed by atoms with Crippen LogP contribution in [0.3, 0.4) is 0 Å². The Kier molecular flexibility index (Phi) is 3.07. The zero-order chi connectivity index (χ0) is 18.9. The van der Waals surface area contributed by atoms with E-state index in [4.69, 9.17) is 16.1 Å². The predicted octanol–water partition coefficient (Wildman–Crippen LogP) is 3.06. The van der Waals surface area contributed by atoms with Crippen molar-refractivity contribution >= 4 is 28.2 Å². The van der Waals surface area contributed by atoms with Gasteiger partial charge in [-0.25, -0.2) is 4.98 Å². The van der Waals surface area contributed by atoms with Gasteiger partial charge in [-0.1, -0.05) is 23.7 Å². The van der Waals surface area contributed by atoms with Crippen molar-refractivity contribution in [3.8, 4) is 17.6 Å². The number of nitrogens with zero attached hydrogens (tertiary/aromatic N) is 6. The Hall–Kier alpha value is -3.18. The highest BCUT2D eigenvalue weighted by Gasteiger charge is 2.44. The molecule has 9 heteroatoms. The zero-order valence-corrected chi connectivity index (χ0v) is 15.3. The average Bonchev–Trinajstić information content (AvgIpc) is 3.09. The number of aromatic nitrogens is 5. The molecule has 5 rings (SSSR count). The third kappa shape index (κ3) is 2.09. The molecule has 0 saturated heterocycles. The Morgan fingerprint density at radius 2 is 2.19 bits per heavy atom. The Balaban J connectivity index is 1.82. The molecule has 0 N–H and O–H groups in total. The molecule has 3 aromatic heterocycles. The molecule has 1 saturated carbocycles. The van der Waals surface area contributed by atoms with Crippen molar-refractivity contribution in [2.45, 2.75) is 32.1 Å². The molecule has 1 aliphatic carbocycles. The predicted molar refractivity (Wildman–Crippen MR) is 96.0 cm³/mol. The van der Waals surface area contributed by atoms with Gasteiger partial charge in [-0.2, -0.15) is 15.0 Å². The largest absolute Gasteiger partial charge is 0.618 e. The lowest BCUT2D eigenvalue weighted by Gasteiger charge is -2.10. The van der Waals surface area contributed by atoms with E-state index in [9.17, 15) is 10.5 Å². The fourth-order valence-corrected chi connectivity index (χ4v) is 3.53. The van der Waals surface area contributed by atoms with Gasteiger partial charge in [0.15, 0.2) is 0 Å². The minimum absolute atomic E-state index is 0.0561. The Labute approximate surface area is 158 Å². The van der Waals surface area contributed by atoms with Crippen LogP contribution in [-0.2, 0) is 5.41 Å². The first kappa shape index (κ1) is 16.0. The van der Waals surface area contributed by atoms with Crippen LogP contribution in [0.25, 0.3) is 28.1 Å². The minimum atomic E-state index is -0.0561. The quantitative estimate of drug-likeness (QED) is 0.390. The number of nitriles is 1. The third-order valence-electron chi connectivity index (χ3n) is 5.25. The van der Waals surface area contributed by atoms with Gasteiger partial charge in [-0.3, -0.25) is 4.40 Å². The fraction of sp³-hybridized carbons (Fsp3) is 0.278. The Bertz CT molecular complexity index is 1300. The van der Waals surface area contributed by atoms with E-state index in [0.29, 0.717) is 38.9 Å². The first-order valence-electron chi connectivity index (χ1n) is 8.40. The van der Waals surface area contributed by atoms with Crippen molar-refractivity contribution in [3.05, 3.63) is 45.8 Å². The van der Waals surface area contributed by atoms with Crippen LogP contribution in [0.15, 0.2) is 23.0 Å². The lowest BCUT2D eigenvalue weighted by atomic mass is 10.1. The van der Waals surface area contributed by atoms with Crippen LogP contribution in [0.5, 0.6) is 0 Å². The minimum Gasteiger partial charge on any atom is -0.618 e. The van der Waals surface area contributed by atoms with Gasteiger partial charge in [0.1, 0.15) is 34.7 Å². The summed E-state index contributed by atoms with van der Waals surface area (Å²) in [7, 11) is 0. The number of fused-ring (bicyclic) bond motifs is 3. The van der Waals surface area contributed by atoms with Crippen LogP contribution in [0.2, 0.25) is 5.02 Å². The summed E-state index contributed by atoms with van der Waals surface area (Å²) in [4.78, 5) is 8.92. The van der Waals surface area contributed by atoms with E-state index in [2.05, 4.69) is 22.0 Å². The van der Waals surface area contributed by atoms with Crippen molar-refractivity contribution < 1.29 is 9.25 Å². The molecule has 1 aliphatic rings. The molecule has 0 aliphatic heterocycles. The van der Waals surface area contributed by atoms with Crippen LogP contribution in [0.1, 0.15) is 36.9 Å². The van der Waals surface area contributed by atoms with E-state index in [1.807, 2.05) is 6.07 Å². The summed E-state index contributed by atoms with van der Waals surface area (Å²) in [5, 5.41) is 26.7. The van der Waals surface area contributed by atoms with E-state index in [1.165, 1.54) is 0 Å².